The van der Waals surface area contributed by atoms with E-state index in [1.165, 1.54) is 21.3 Å². The van der Waals surface area contributed by atoms with Gasteiger partial charge < -0.3 is 39.6 Å². The van der Waals surface area contributed by atoms with E-state index in [-0.39, 0.29) is 23.8 Å². The fourth-order valence-electron chi connectivity index (χ4n) is 5.58. The van der Waals surface area contributed by atoms with Crippen LogP contribution in [0.1, 0.15) is 59.4 Å². The standard InChI is InChI=1S/C30H40ClN3O7/c1-30(2)15-19-26(32)20(31)14-18(27(19)41-30)29(36)33-21-9-11-34(16-25(21)39-5)10-7-8-22(35)17-12-23(37-3)28(40-6)24(13-17)38-4/h12-14,21,25H,7-11,15-16,32H2,1-6H3,(H,33,36). The first-order chi connectivity index (χ1) is 19.5. The summed E-state index contributed by atoms with van der Waals surface area (Å²) in [6.45, 7) is 6.02. The lowest BCUT2D eigenvalue weighted by atomic mass is 9.97. The van der Waals surface area contributed by atoms with E-state index in [0.717, 1.165) is 18.7 Å². The Kier molecular flexibility index (Phi) is 9.56. The smallest absolute Gasteiger partial charge is 0.255 e. The number of nitrogens with zero attached hydrogens (tertiary/aromatic N) is 1. The lowest BCUT2D eigenvalue weighted by Crippen LogP contribution is -2.55. The van der Waals surface area contributed by atoms with Gasteiger partial charge in [0.1, 0.15) is 11.4 Å². The van der Waals surface area contributed by atoms with E-state index < -0.39 is 5.60 Å². The van der Waals surface area contributed by atoms with Crippen LogP contribution in [0.2, 0.25) is 5.02 Å². The molecule has 41 heavy (non-hydrogen) atoms. The maximum Gasteiger partial charge on any atom is 0.255 e. The number of amides is 1. The van der Waals surface area contributed by atoms with Crippen molar-refractivity contribution >= 4 is 29.0 Å². The van der Waals surface area contributed by atoms with Crippen molar-refractivity contribution in [1.82, 2.24) is 10.2 Å². The fraction of sp³-hybridized carbons (Fsp3) is 0.533. The van der Waals surface area contributed by atoms with Gasteiger partial charge >= 0.3 is 0 Å². The second kappa shape index (κ2) is 12.8. The van der Waals surface area contributed by atoms with Crippen LogP contribution in [0.25, 0.3) is 0 Å². The molecule has 0 saturated carbocycles. The summed E-state index contributed by atoms with van der Waals surface area (Å²) in [5.74, 6) is 1.57. The molecule has 2 unspecified atom stereocenters. The lowest BCUT2D eigenvalue weighted by molar-refractivity contribution is 0.00601. The Bertz CT molecular complexity index is 1270. The molecular formula is C30H40ClN3O7. The number of ketones is 1. The molecule has 224 valence electrons. The summed E-state index contributed by atoms with van der Waals surface area (Å²) in [4.78, 5) is 28.6. The Hall–Kier alpha value is -3.21. The number of methoxy groups -OCH3 is 4. The number of hydrogen-bond acceptors (Lipinski definition) is 9. The molecule has 10 nitrogen and oxygen atoms in total. The van der Waals surface area contributed by atoms with Gasteiger partial charge in [-0.2, -0.15) is 0 Å². The van der Waals surface area contributed by atoms with Crippen LogP contribution in [0.5, 0.6) is 23.0 Å². The third-order valence-corrected chi connectivity index (χ3v) is 8.04. The van der Waals surface area contributed by atoms with Gasteiger partial charge in [0.15, 0.2) is 17.3 Å². The first kappa shape index (κ1) is 30.7. The monoisotopic (exact) mass is 589 g/mol. The number of nitrogens with one attached hydrogen (secondary N) is 1. The zero-order chi connectivity index (χ0) is 29.9. The second-order valence-electron chi connectivity index (χ2n) is 11.0. The number of Topliss-reactive ketones (excluding diaryl/α,β-unsaturated/α-hetero) is 1. The number of nitrogens with two attached hydrogens (primary N) is 1. The molecule has 0 spiro atoms. The molecule has 1 amide bonds. The Labute approximate surface area is 246 Å². The number of anilines is 1. The topological polar surface area (TPSA) is 122 Å². The summed E-state index contributed by atoms with van der Waals surface area (Å²) in [6.07, 6.45) is 2.10. The molecule has 2 atom stereocenters. The van der Waals surface area contributed by atoms with E-state index in [2.05, 4.69) is 10.2 Å². The molecule has 2 aliphatic heterocycles. The van der Waals surface area contributed by atoms with Crippen molar-refractivity contribution in [2.24, 2.45) is 0 Å². The number of ether oxygens (including phenoxy) is 5. The molecule has 2 aromatic rings. The van der Waals surface area contributed by atoms with Gasteiger partial charge in [-0.1, -0.05) is 11.6 Å². The van der Waals surface area contributed by atoms with Gasteiger partial charge in [-0.3, -0.25) is 9.59 Å². The number of carbonyl (C=O) groups is 2. The highest BCUT2D eigenvalue weighted by molar-refractivity contribution is 6.33. The first-order valence-corrected chi connectivity index (χ1v) is 14.1. The average Bonchev–Trinajstić information content (AvgIpc) is 3.29. The van der Waals surface area contributed by atoms with Crippen molar-refractivity contribution in [3.05, 3.63) is 39.9 Å². The van der Waals surface area contributed by atoms with Gasteiger partial charge in [0.25, 0.3) is 5.91 Å². The summed E-state index contributed by atoms with van der Waals surface area (Å²) in [6, 6.07) is 4.74. The third kappa shape index (κ3) is 6.66. The SMILES string of the molecule is COc1cc(C(=O)CCCN2CCC(NC(=O)c3cc(Cl)c(N)c4c3OC(C)(C)C4)C(OC)C2)cc(OC)c1OC. The molecule has 2 aromatic carbocycles. The Morgan fingerprint density at radius 1 is 1.12 bits per heavy atom. The van der Waals surface area contributed by atoms with Crippen molar-refractivity contribution in [3.63, 3.8) is 0 Å². The van der Waals surface area contributed by atoms with Crippen LogP contribution >= 0.6 is 11.6 Å². The van der Waals surface area contributed by atoms with Gasteiger partial charge in [-0.25, -0.2) is 0 Å². The second-order valence-corrected chi connectivity index (χ2v) is 11.5. The first-order valence-electron chi connectivity index (χ1n) is 13.7. The molecule has 4 rings (SSSR count). The number of carbonyl (C=O) groups excluding carboxylic acids is 2. The molecule has 0 radical (unpaired) electrons. The number of likely N-dealkylation sites (tertiary alicyclic amines) is 1. The predicted molar refractivity (Wildman–Crippen MR) is 157 cm³/mol. The number of benzene rings is 2. The number of piperidine rings is 1. The van der Waals surface area contributed by atoms with Crippen LogP contribution in [0.4, 0.5) is 5.69 Å². The van der Waals surface area contributed by atoms with Crippen LogP contribution in [0, 0.1) is 0 Å². The van der Waals surface area contributed by atoms with E-state index in [1.807, 2.05) is 13.8 Å². The van der Waals surface area contributed by atoms with Gasteiger partial charge in [-0.05, 0) is 51.4 Å². The summed E-state index contributed by atoms with van der Waals surface area (Å²) in [5.41, 5.74) is 7.84. The number of hydrogen-bond donors (Lipinski definition) is 2. The minimum Gasteiger partial charge on any atom is -0.493 e. The van der Waals surface area contributed by atoms with Gasteiger partial charge in [0, 0.05) is 44.2 Å². The highest BCUT2D eigenvalue weighted by Crippen LogP contribution is 2.44. The average molecular weight is 590 g/mol. The van der Waals surface area contributed by atoms with Crippen molar-refractivity contribution in [2.45, 2.75) is 57.3 Å². The van der Waals surface area contributed by atoms with Crippen molar-refractivity contribution in [3.8, 4) is 23.0 Å². The van der Waals surface area contributed by atoms with E-state index in [4.69, 9.17) is 41.0 Å². The molecule has 0 bridgehead atoms. The Morgan fingerprint density at radius 2 is 1.80 bits per heavy atom. The zero-order valence-corrected chi connectivity index (χ0v) is 25.4. The highest BCUT2D eigenvalue weighted by atomic mass is 35.5. The van der Waals surface area contributed by atoms with Crippen LogP contribution in [-0.4, -0.2) is 82.4 Å². The van der Waals surface area contributed by atoms with Crippen molar-refractivity contribution in [2.75, 3.05) is 53.8 Å². The highest BCUT2D eigenvalue weighted by Gasteiger charge is 2.37. The molecule has 1 fully saturated rings. The minimum absolute atomic E-state index is 0.00483. The van der Waals surface area contributed by atoms with Crippen LogP contribution < -0.4 is 30.0 Å². The van der Waals surface area contributed by atoms with Crippen molar-refractivity contribution in [1.29, 1.82) is 0 Å². The van der Waals surface area contributed by atoms with Gasteiger partial charge in [-0.15, -0.1) is 0 Å². The number of halogens is 1. The van der Waals surface area contributed by atoms with Gasteiger partial charge in [0.05, 0.1) is 49.7 Å². The number of fused-ring (bicyclic) bond motifs is 1. The molecule has 2 heterocycles. The number of rotatable bonds is 11. The van der Waals surface area contributed by atoms with Crippen molar-refractivity contribution < 1.29 is 33.3 Å². The van der Waals surface area contributed by atoms with Gasteiger partial charge in [0.2, 0.25) is 5.75 Å². The Balaban J connectivity index is 1.34. The van der Waals surface area contributed by atoms with Crippen LogP contribution in [0.3, 0.4) is 0 Å². The molecule has 2 aliphatic rings. The molecule has 1 saturated heterocycles. The fourth-order valence-corrected chi connectivity index (χ4v) is 5.80. The van der Waals surface area contributed by atoms with E-state index in [0.29, 0.717) is 77.1 Å². The van der Waals surface area contributed by atoms with E-state index in [9.17, 15) is 9.59 Å². The summed E-state index contributed by atoms with van der Waals surface area (Å²) >= 11 is 6.37. The predicted octanol–water partition coefficient (Wildman–Crippen LogP) is 4.14. The molecule has 0 aromatic heterocycles. The van der Waals surface area contributed by atoms with Crippen LogP contribution in [0.15, 0.2) is 18.2 Å². The molecular weight excluding hydrogens is 550 g/mol. The normalized spacial score (nSPS) is 19.7. The summed E-state index contributed by atoms with van der Waals surface area (Å²) in [5, 5.41) is 3.47. The third-order valence-electron chi connectivity index (χ3n) is 7.73. The van der Waals surface area contributed by atoms with Crippen LogP contribution in [-0.2, 0) is 11.2 Å². The quantitative estimate of drug-likeness (QED) is 0.294. The largest absolute Gasteiger partial charge is 0.493 e. The van der Waals surface area contributed by atoms with E-state index >= 15 is 0 Å². The maximum absolute atomic E-state index is 13.4. The number of nitrogen functional groups attached to an aromatic ring is 1. The summed E-state index contributed by atoms with van der Waals surface area (Å²) < 4.78 is 27.9. The maximum atomic E-state index is 13.4. The molecule has 0 aliphatic carbocycles. The Morgan fingerprint density at radius 3 is 2.41 bits per heavy atom. The zero-order valence-electron chi connectivity index (χ0n) is 24.6. The van der Waals surface area contributed by atoms with E-state index in [1.54, 1.807) is 25.3 Å². The minimum atomic E-state index is -0.469. The molecule has 11 heteroatoms. The summed E-state index contributed by atoms with van der Waals surface area (Å²) in [7, 11) is 6.22. The lowest BCUT2D eigenvalue weighted by Gasteiger charge is -2.38. The molecule has 3 N–H and O–H groups in total.